The maximum atomic E-state index is 6.11. The number of ether oxygens (including phenoxy) is 2. The van der Waals surface area contributed by atoms with E-state index in [1.54, 1.807) is 0 Å². The Morgan fingerprint density at radius 3 is 2.35 bits per heavy atom. The molecule has 0 radical (unpaired) electrons. The van der Waals surface area contributed by atoms with Crippen LogP contribution in [0, 0.1) is 4.77 Å². The van der Waals surface area contributed by atoms with Crippen molar-refractivity contribution in [3.8, 4) is 11.4 Å². The van der Waals surface area contributed by atoms with Crippen molar-refractivity contribution in [3.63, 3.8) is 0 Å². The van der Waals surface area contributed by atoms with Gasteiger partial charge in [0.15, 0.2) is 12.5 Å². The van der Waals surface area contributed by atoms with Gasteiger partial charge in [0.25, 0.3) is 0 Å². The Hall–Kier alpha value is -2.48. The predicted molar refractivity (Wildman–Crippen MR) is 123 cm³/mol. The minimum atomic E-state index is 0.118. The van der Waals surface area contributed by atoms with Crippen molar-refractivity contribution >= 4 is 12.2 Å². The third-order valence-electron chi connectivity index (χ3n) is 5.58. The van der Waals surface area contributed by atoms with Crippen molar-refractivity contribution in [1.82, 2.24) is 14.3 Å². The van der Waals surface area contributed by atoms with Crippen LogP contribution >= 0.6 is 12.2 Å². The summed E-state index contributed by atoms with van der Waals surface area (Å²) in [6.45, 7) is 11.2. The maximum absolute atomic E-state index is 6.11. The molecule has 0 saturated carbocycles. The number of aromatic nitrogens is 3. The van der Waals surface area contributed by atoms with Gasteiger partial charge in [-0.25, -0.2) is 0 Å². The van der Waals surface area contributed by atoms with E-state index in [0.29, 0.717) is 11.4 Å². The van der Waals surface area contributed by atoms with Crippen LogP contribution in [0.15, 0.2) is 54.6 Å². The van der Waals surface area contributed by atoms with E-state index in [0.717, 1.165) is 50.2 Å². The summed E-state index contributed by atoms with van der Waals surface area (Å²) in [6, 6.07) is 18.4. The summed E-state index contributed by atoms with van der Waals surface area (Å²) in [5.74, 6) is 1.62. The highest BCUT2D eigenvalue weighted by Crippen LogP contribution is 2.24. The second kappa shape index (κ2) is 9.34. The summed E-state index contributed by atoms with van der Waals surface area (Å²) in [5.41, 5.74) is 2.40. The number of rotatable bonds is 6. The molecule has 164 valence electrons. The molecule has 31 heavy (non-hydrogen) atoms. The van der Waals surface area contributed by atoms with Gasteiger partial charge in [-0.05, 0) is 47.5 Å². The molecule has 0 aliphatic carbocycles. The Labute approximate surface area is 189 Å². The van der Waals surface area contributed by atoms with Gasteiger partial charge in [0.05, 0.1) is 13.2 Å². The molecule has 3 aromatic rings. The average molecular weight is 440 g/mol. The predicted octanol–water partition coefficient (Wildman–Crippen LogP) is 3.15. The third-order valence-corrected chi connectivity index (χ3v) is 5.98. The molecule has 1 aliphatic heterocycles. The highest BCUT2D eigenvalue weighted by molar-refractivity contribution is 7.71. The summed E-state index contributed by atoms with van der Waals surface area (Å²) in [6.07, 6.45) is 0. The topological polar surface area (TPSA) is 45.6 Å². The van der Waals surface area contributed by atoms with Gasteiger partial charge >= 0.3 is 0 Å². The van der Waals surface area contributed by atoms with Gasteiger partial charge in [0.2, 0.25) is 4.77 Å². The number of nitrogens with zero attached hydrogens (tertiary/aromatic N) is 3. The molecule has 6 nitrogen and oxygen atoms in total. The molecule has 1 aliphatic rings. The highest BCUT2D eigenvalue weighted by Gasteiger charge is 2.19. The molecule has 1 N–H and O–H groups in total. The second-order valence-electron chi connectivity index (χ2n) is 8.95. The number of benzene rings is 2. The lowest BCUT2D eigenvalue weighted by molar-refractivity contribution is -0.930. The fraction of sp³-hybridized carbons (Fsp3) is 0.417. The Balaban J connectivity index is 1.58. The standard InChI is InChI=1S/C24H30N4O2S/c1-24(2,3)19-9-11-21(12-10-19)30-17-22-25-27(18-26-13-15-29-16-14-26)23(31)28(22)20-7-5-4-6-8-20/h4-12H,13-18H2,1-3H3/p+1. The van der Waals surface area contributed by atoms with Crippen molar-refractivity contribution in [2.75, 3.05) is 26.3 Å². The molecule has 1 aromatic heterocycles. The van der Waals surface area contributed by atoms with Crippen molar-refractivity contribution in [2.45, 2.75) is 39.5 Å². The van der Waals surface area contributed by atoms with E-state index in [4.69, 9.17) is 26.8 Å². The lowest BCUT2D eigenvalue weighted by Gasteiger charge is -2.23. The van der Waals surface area contributed by atoms with Crippen molar-refractivity contribution < 1.29 is 14.4 Å². The van der Waals surface area contributed by atoms with Crippen LogP contribution < -0.4 is 9.64 Å². The van der Waals surface area contributed by atoms with Crippen LogP contribution in [0.1, 0.15) is 32.2 Å². The number of morpholine rings is 1. The minimum absolute atomic E-state index is 0.118. The van der Waals surface area contributed by atoms with E-state index in [-0.39, 0.29) is 5.41 Å². The Kier molecular flexibility index (Phi) is 6.55. The minimum Gasteiger partial charge on any atom is -0.486 e. The first kappa shape index (κ1) is 21.7. The van der Waals surface area contributed by atoms with E-state index in [9.17, 15) is 0 Å². The number of nitrogens with one attached hydrogen (secondary N) is 1. The van der Waals surface area contributed by atoms with Gasteiger partial charge in [0.1, 0.15) is 25.4 Å². The zero-order chi connectivity index (χ0) is 21.8. The monoisotopic (exact) mass is 439 g/mol. The Morgan fingerprint density at radius 1 is 1.03 bits per heavy atom. The van der Waals surface area contributed by atoms with E-state index in [1.807, 2.05) is 51.7 Å². The molecular weight excluding hydrogens is 408 g/mol. The van der Waals surface area contributed by atoms with Gasteiger partial charge in [0, 0.05) is 5.69 Å². The van der Waals surface area contributed by atoms with Crippen molar-refractivity contribution in [1.29, 1.82) is 0 Å². The molecule has 0 spiro atoms. The maximum Gasteiger partial charge on any atom is 0.207 e. The third kappa shape index (κ3) is 5.23. The van der Waals surface area contributed by atoms with E-state index < -0.39 is 0 Å². The lowest BCUT2D eigenvalue weighted by Crippen LogP contribution is -3.13. The summed E-state index contributed by atoms with van der Waals surface area (Å²) in [5, 5.41) is 4.84. The number of hydrogen-bond donors (Lipinski definition) is 1. The van der Waals surface area contributed by atoms with Crippen molar-refractivity contribution in [2.24, 2.45) is 0 Å². The summed E-state index contributed by atoms with van der Waals surface area (Å²) >= 11 is 5.82. The van der Waals surface area contributed by atoms with Gasteiger partial charge < -0.3 is 14.4 Å². The first-order valence-corrected chi connectivity index (χ1v) is 11.2. The molecule has 0 amide bonds. The van der Waals surface area contributed by atoms with Crippen LogP contribution in [0.25, 0.3) is 5.69 Å². The molecule has 0 unspecified atom stereocenters. The molecule has 0 atom stereocenters. The second-order valence-corrected chi connectivity index (χ2v) is 9.32. The Bertz CT molecular complexity index is 1050. The largest absolute Gasteiger partial charge is 0.486 e. The summed E-state index contributed by atoms with van der Waals surface area (Å²) in [7, 11) is 0. The zero-order valence-corrected chi connectivity index (χ0v) is 19.3. The SMILES string of the molecule is CC(C)(C)c1ccc(OCc2nn(C[NH+]3CCOCC3)c(=S)n2-c2ccccc2)cc1. The molecule has 4 rings (SSSR count). The molecular formula is C24H31N4O2S+. The number of para-hydroxylation sites is 1. The molecule has 2 heterocycles. The fourth-order valence-electron chi connectivity index (χ4n) is 3.71. The van der Waals surface area contributed by atoms with Crippen LogP contribution in [-0.4, -0.2) is 40.7 Å². The van der Waals surface area contributed by atoms with Crippen LogP contribution in [0.4, 0.5) is 0 Å². The first-order valence-electron chi connectivity index (χ1n) is 10.8. The van der Waals surface area contributed by atoms with Crippen LogP contribution in [0.3, 0.4) is 0 Å². The average Bonchev–Trinajstić information content (AvgIpc) is 3.08. The quantitative estimate of drug-likeness (QED) is 0.600. The van der Waals surface area contributed by atoms with Gasteiger partial charge in [-0.15, -0.1) is 5.10 Å². The van der Waals surface area contributed by atoms with E-state index in [1.165, 1.54) is 10.5 Å². The fourth-order valence-corrected chi connectivity index (χ4v) is 4.03. The van der Waals surface area contributed by atoms with Gasteiger partial charge in [-0.2, -0.15) is 4.68 Å². The van der Waals surface area contributed by atoms with E-state index in [2.05, 4.69) is 32.9 Å². The van der Waals surface area contributed by atoms with Gasteiger partial charge in [-0.1, -0.05) is 51.1 Å². The normalized spacial score (nSPS) is 15.2. The molecule has 1 fully saturated rings. The smallest absolute Gasteiger partial charge is 0.207 e. The van der Waals surface area contributed by atoms with E-state index >= 15 is 0 Å². The lowest BCUT2D eigenvalue weighted by atomic mass is 9.87. The molecule has 2 aromatic carbocycles. The molecule has 1 saturated heterocycles. The Morgan fingerprint density at radius 2 is 1.71 bits per heavy atom. The van der Waals surface area contributed by atoms with Crippen LogP contribution in [-0.2, 0) is 23.4 Å². The van der Waals surface area contributed by atoms with Crippen molar-refractivity contribution in [3.05, 3.63) is 70.8 Å². The molecule has 0 bridgehead atoms. The first-order chi connectivity index (χ1) is 14.9. The zero-order valence-electron chi connectivity index (χ0n) is 18.5. The summed E-state index contributed by atoms with van der Waals surface area (Å²) in [4.78, 5) is 1.42. The van der Waals surface area contributed by atoms with Gasteiger partial charge in [-0.3, -0.25) is 4.57 Å². The summed E-state index contributed by atoms with van der Waals surface area (Å²) < 4.78 is 16.2. The molecule has 7 heteroatoms. The highest BCUT2D eigenvalue weighted by atomic mass is 32.1. The number of quaternary nitrogens is 1. The number of hydrogen-bond acceptors (Lipinski definition) is 4. The van der Waals surface area contributed by atoms with Crippen LogP contribution in [0.2, 0.25) is 0 Å². The van der Waals surface area contributed by atoms with Crippen LogP contribution in [0.5, 0.6) is 5.75 Å².